The quantitative estimate of drug-likeness (QED) is 0.820. The van der Waals surface area contributed by atoms with Crippen molar-refractivity contribution in [2.24, 2.45) is 5.92 Å². The van der Waals surface area contributed by atoms with Crippen LogP contribution in [-0.4, -0.2) is 11.5 Å². The fraction of sp³-hybridized carbons (Fsp3) is 0.643. The fourth-order valence-corrected chi connectivity index (χ4v) is 2.39. The van der Waals surface area contributed by atoms with Gasteiger partial charge < -0.3 is 5.32 Å². The zero-order valence-electron chi connectivity index (χ0n) is 10.4. The Balaban J connectivity index is 2.10. The third-order valence-corrected chi connectivity index (χ3v) is 3.52. The van der Waals surface area contributed by atoms with Crippen molar-refractivity contribution >= 4 is 0 Å². The van der Waals surface area contributed by atoms with Gasteiger partial charge in [0.25, 0.3) is 0 Å². The summed E-state index contributed by atoms with van der Waals surface area (Å²) in [6.45, 7) is 5.41. The molecular weight excluding hydrogens is 196 g/mol. The number of pyridine rings is 1. The van der Waals surface area contributed by atoms with Crippen LogP contribution in [0.25, 0.3) is 0 Å². The molecule has 0 radical (unpaired) electrons. The second-order valence-electron chi connectivity index (χ2n) is 4.85. The molecule has 2 rings (SSSR count). The number of nitrogens with one attached hydrogen (secondary N) is 1. The van der Waals surface area contributed by atoms with E-state index in [-0.39, 0.29) is 0 Å². The van der Waals surface area contributed by atoms with Gasteiger partial charge in [0.05, 0.1) is 0 Å². The van der Waals surface area contributed by atoms with Gasteiger partial charge in [0.1, 0.15) is 0 Å². The van der Waals surface area contributed by atoms with Gasteiger partial charge in [-0.05, 0) is 56.3 Å². The first-order chi connectivity index (χ1) is 7.81. The lowest BCUT2D eigenvalue weighted by Gasteiger charge is -2.35. The summed E-state index contributed by atoms with van der Waals surface area (Å²) < 4.78 is 0. The highest BCUT2D eigenvalue weighted by Crippen LogP contribution is 2.37. The third-order valence-electron chi connectivity index (χ3n) is 3.52. The number of hydrogen-bond donors (Lipinski definition) is 1. The molecule has 88 valence electrons. The predicted octanol–water partition coefficient (Wildman–Crippen LogP) is 3.23. The van der Waals surface area contributed by atoms with Gasteiger partial charge in [0.2, 0.25) is 0 Å². The molecule has 16 heavy (non-hydrogen) atoms. The van der Waals surface area contributed by atoms with Gasteiger partial charge >= 0.3 is 0 Å². The van der Waals surface area contributed by atoms with E-state index in [1.165, 1.54) is 31.2 Å². The highest BCUT2D eigenvalue weighted by atomic mass is 14.9. The summed E-state index contributed by atoms with van der Waals surface area (Å²) in [7, 11) is 0. The smallest absolute Gasteiger partial charge is 0.0375 e. The van der Waals surface area contributed by atoms with E-state index in [4.69, 9.17) is 0 Å². The maximum Gasteiger partial charge on any atom is 0.0375 e. The monoisotopic (exact) mass is 218 g/mol. The molecule has 2 heteroatoms. The van der Waals surface area contributed by atoms with Crippen LogP contribution in [0.15, 0.2) is 18.3 Å². The van der Waals surface area contributed by atoms with Crippen LogP contribution in [0, 0.1) is 12.8 Å². The van der Waals surface area contributed by atoms with Crippen molar-refractivity contribution in [1.29, 1.82) is 0 Å². The van der Waals surface area contributed by atoms with Crippen molar-refractivity contribution in [3.8, 4) is 0 Å². The van der Waals surface area contributed by atoms with E-state index >= 15 is 0 Å². The Hall–Kier alpha value is -0.890. The summed E-state index contributed by atoms with van der Waals surface area (Å²) in [5.74, 6) is 0.841. The Kier molecular flexibility index (Phi) is 3.94. The number of hydrogen-bond acceptors (Lipinski definition) is 2. The van der Waals surface area contributed by atoms with Gasteiger partial charge in [0.15, 0.2) is 0 Å². The molecule has 0 saturated heterocycles. The lowest BCUT2D eigenvalue weighted by atomic mass is 9.77. The van der Waals surface area contributed by atoms with E-state index in [9.17, 15) is 0 Å². The molecule has 0 spiro atoms. The molecule has 0 aromatic carbocycles. The van der Waals surface area contributed by atoms with Crippen LogP contribution in [0.5, 0.6) is 0 Å². The fourth-order valence-electron chi connectivity index (χ4n) is 2.39. The Morgan fingerprint density at radius 1 is 1.50 bits per heavy atom. The van der Waals surface area contributed by atoms with Crippen molar-refractivity contribution < 1.29 is 0 Å². The SMILES string of the molecule is CCCNC(c1ccnc(C)c1)C1CCC1. The molecular formula is C14H22N2. The molecule has 1 aromatic rings. The minimum absolute atomic E-state index is 0.551. The van der Waals surface area contributed by atoms with Gasteiger partial charge in [-0.15, -0.1) is 0 Å². The second-order valence-corrected chi connectivity index (χ2v) is 4.85. The van der Waals surface area contributed by atoms with E-state index in [0.717, 1.165) is 18.2 Å². The first kappa shape index (κ1) is 11.6. The Morgan fingerprint density at radius 3 is 2.88 bits per heavy atom. The lowest BCUT2D eigenvalue weighted by Crippen LogP contribution is -2.32. The van der Waals surface area contributed by atoms with E-state index in [2.05, 4.69) is 36.3 Å². The summed E-state index contributed by atoms with van der Waals surface area (Å²) in [5, 5.41) is 3.69. The molecule has 1 N–H and O–H groups in total. The molecule has 1 heterocycles. The molecule has 0 amide bonds. The summed E-state index contributed by atoms with van der Waals surface area (Å²) in [5.41, 5.74) is 2.55. The zero-order chi connectivity index (χ0) is 11.4. The van der Waals surface area contributed by atoms with E-state index in [1.54, 1.807) is 0 Å². The van der Waals surface area contributed by atoms with E-state index < -0.39 is 0 Å². The lowest BCUT2D eigenvalue weighted by molar-refractivity contribution is 0.231. The first-order valence-corrected chi connectivity index (χ1v) is 6.47. The molecule has 0 aliphatic heterocycles. The molecule has 2 nitrogen and oxygen atoms in total. The average Bonchev–Trinajstić information content (AvgIpc) is 2.21. The summed E-state index contributed by atoms with van der Waals surface area (Å²) in [6, 6.07) is 4.94. The largest absolute Gasteiger partial charge is 0.310 e. The van der Waals surface area contributed by atoms with Crippen molar-refractivity contribution in [3.05, 3.63) is 29.6 Å². The molecule has 1 aromatic heterocycles. The number of aromatic nitrogens is 1. The van der Waals surface area contributed by atoms with Crippen LogP contribution >= 0.6 is 0 Å². The zero-order valence-corrected chi connectivity index (χ0v) is 10.4. The normalized spacial score (nSPS) is 18.1. The molecule has 1 aliphatic rings. The first-order valence-electron chi connectivity index (χ1n) is 6.47. The highest BCUT2D eigenvalue weighted by molar-refractivity contribution is 5.20. The third kappa shape index (κ3) is 2.62. The van der Waals surface area contributed by atoms with Crippen LogP contribution < -0.4 is 5.32 Å². The molecule has 1 unspecified atom stereocenters. The Morgan fingerprint density at radius 2 is 2.31 bits per heavy atom. The Bertz CT molecular complexity index is 331. The number of rotatable bonds is 5. The average molecular weight is 218 g/mol. The molecule has 1 fully saturated rings. The van der Waals surface area contributed by atoms with Crippen molar-refractivity contribution in [1.82, 2.24) is 10.3 Å². The van der Waals surface area contributed by atoms with Crippen molar-refractivity contribution in [2.75, 3.05) is 6.54 Å². The van der Waals surface area contributed by atoms with Gasteiger partial charge in [-0.1, -0.05) is 13.3 Å². The molecule has 1 atom stereocenters. The predicted molar refractivity (Wildman–Crippen MR) is 67.3 cm³/mol. The number of nitrogens with zero attached hydrogens (tertiary/aromatic N) is 1. The van der Waals surface area contributed by atoms with Crippen LogP contribution in [0.1, 0.15) is 49.9 Å². The van der Waals surface area contributed by atoms with E-state index in [1.807, 2.05) is 6.20 Å². The van der Waals surface area contributed by atoms with E-state index in [0.29, 0.717) is 6.04 Å². The van der Waals surface area contributed by atoms with Crippen molar-refractivity contribution in [3.63, 3.8) is 0 Å². The van der Waals surface area contributed by atoms with Gasteiger partial charge in [0, 0.05) is 17.9 Å². The maximum absolute atomic E-state index is 4.28. The van der Waals surface area contributed by atoms with Crippen LogP contribution in [0.3, 0.4) is 0 Å². The minimum Gasteiger partial charge on any atom is -0.310 e. The van der Waals surface area contributed by atoms with Crippen LogP contribution in [0.4, 0.5) is 0 Å². The van der Waals surface area contributed by atoms with Crippen molar-refractivity contribution in [2.45, 2.75) is 45.6 Å². The molecule has 0 bridgehead atoms. The summed E-state index contributed by atoms with van der Waals surface area (Å²) in [4.78, 5) is 4.28. The molecule has 1 saturated carbocycles. The number of aryl methyl sites for hydroxylation is 1. The Labute approximate surface area is 98.5 Å². The van der Waals surface area contributed by atoms with Gasteiger partial charge in [-0.2, -0.15) is 0 Å². The van der Waals surface area contributed by atoms with Crippen LogP contribution in [-0.2, 0) is 0 Å². The molecule has 1 aliphatic carbocycles. The highest BCUT2D eigenvalue weighted by Gasteiger charge is 2.27. The minimum atomic E-state index is 0.551. The van der Waals surface area contributed by atoms with Crippen LogP contribution in [0.2, 0.25) is 0 Å². The topological polar surface area (TPSA) is 24.9 Å². The summed E-state index contributed by atoms with van der Waals surface area (Å²) >= 11 is 0. The van der Waals surface area contributed by atoms with Gasteiger partial charge in [-0.3, -0.25) is 4.98 Å². The van der Waals surface area contributed by atoms with Gasteiger partial charge in [-0.25, -0.2) is 0 Å². The standard InChI is InChI=1S/C14H22N2/c1-3-8-16-14(12-5-4-6-12)13-7-9-15-11(2)10-13/h7,9-10,12,14,16H,3-6,8H2,1-2H3. The second kappa shape index (κ2) is 5.44. The maximum atomic E-state index is 4.28. The summed E-state index contributed by atoms with van der Waals surface area (Å²) in [6.07, 6.45) is 7.29.